The molecule has 2 rings (SSSR count). The van der Waals surface area contributed by atoms with E-state index in [2.05, 4.69) is 31.4 Å². The fourth-order valence-electron chi connectivity index (χ4n) is 3.73. The van der Waals surface area contributed by atoms with Gasteiger partial charge in [-0.1, -0.05) is 100 Å². The molecule has 35 heavy (non-hydrogen) atoms. The summed E-state index contributed by atoms with van der Waals surface area (Å²) in [5, 5.41) is 25.8. The Bertz CT molecular complexity index is 1120. The van der Waals surface area contributed by atoms with E-state index >= 15 is 0 Å². The highest BCUT2D eigenvalue weighted by molar-refractivity contribution is 6.51. The number of benzene rings is 2. The van der Waals surface area contributed by atoms with Gasteiger partial charge in [0.05, 0.1) is 37.3 Å². The molecule has 0 bridgehead atoms. The maximum absolute atomic E-state index is 13.3. The average molecular weight is 559 g/mol. The van der Waals surface area contributed by atoms with Crippen molar-refractivity contribution < 1.29 is 9.90 Å². The number of phenolic OH excluding ortho intramolecular Hbond substituents is 1. The lowest BCUT2D eigenvalue weighted by molar-refractivity contribution is -0.123. The Morgan fingerprint density at radius 1 is 1.00 bits per heavy atom. The standard InChI is InChI=1S/C26H31Cl4N3O2/c1-25(2,3)12-15(14-7-8-18(34)17(11-14)26(4,5)6)24(35)33-10-9-32-23-21(29)19(27)16(13-31)20(28)22(23)30/h7-8,11,15,32,34H,9-10,12H2,1-6H3,(H,33,35). The first-order chi connectivity index (χ1) is 16.1. The van der Waals surface area contributed by atoms with E-state index in [1.54, 1.807) is 12.1 Å². The zero-order valence-corrected chi connectivity index (χ0v) is 23.8. The molecule has 1 amide bonds. The van der Waals surface area contributed by atoms with Crippen molar-refractivity contribution in [2.75, 3.05) is 18.4 Å². The summed E-state index contributed by atoms with van der Waals surface area (Å²) in [6, 6.07) is 7.27. The summed E-state index contributed by atoms with van der Waals surface area (Å²) in [7, 11) is 0. The van der Waals surface area contributed by atoms with Gasteiger partial charge in [-0.2, -0.15) is 5.26 Å². The largest absolute Gasteiger partial charge is 0.508 e. The van der Waals surface area contributed by atoms with E-state index in [-0.39, 0.29) is 54.7 Å². The van der Waals surface area contributed by atoms with Crippen molar-refractivity contribution >= 4 is 58.0 Å². The third kappa shape index (κ3) is 7.33. The number of hydrogen-bond donors (Lipinski definition) is 3. The molecule has 0 heterocycles. The molecule has 0 fully saturated rings. The van der Waals surface area contributed by atoms with Crippen LogP contribution in [0.25, 0.3) is 0 Å². The Morgan fingerprint density at radius 2 is 1.57 bits per heavy atom. The maximum atomic E-state index is 13.3. The number of rotatable bonds is 7. The Kier molecular flexibility index (Phi) is 9.64. The van der Waals surface area contributed by atoms with Gasteiger partial charge in [-0.25, -0.2) is 0 Å². The zero-order valence-electron chi connectivity index (χ0n) is 20.7. The van der Waals surface area contributed by atoms with E-state index in [9.17, 15) is 15.2 Å². The molecular weight excluding hydrogens is 528 g/mol. The van der Waals surface area contributed by atoms with Gasteiger partial charge in [-0.05, 0) is 34.4 Å². The minimum atomic E-state index is -0.400. The number of phenols is 1. The third-order valence-electron chi connectivity index (χ3n) is 5.47. The van der Waals surface area contributed by atoms with Crippen LogP contribution in [0.15, 0.2) is 18.2 Å². The summed E-state index contributed by atoms with van der Waals surface area (Å²) in [4.78, 5) is 13.3. The van der Waals surface area contributed by atoms with Crippen LogP contribution in [0.4, 0.5) is 5.69 Å². The van der Waals surface area contributed by atoms with Crippen LogP contribution < -0.4 is 10.6 Å². The number of amides is 1. The summed E-state index contributed by atoms with van der Waals surface area (Å²) in [5.74, 6) is -0.308. The number of halogens is 4. The molecule has 0 aliphatic rings. The molecule has 0 spiro atoms. The van der Waals surface area contributed by atoms with Crippen LogP contribution in [0.3, 0.4) is 0 Å². The second-order valence-electron chi connectivity index (χ2n) is 10.7. The van der Waals surface area contributed by atoms with Crippen LogP contribution in [-0.4, -0.2) is 24.1 Å². The smallest absolute Gasteiger partial charge is 0.227 e. The van der Waals surface area contributed by atoms with Crippen molar-refractivity contribution in [2.24, 2.45) is 5.41 Å². The van der Waals surface area contributed by atoms with E-state index in [1.807, 2.05) is 32.9 Å². The predicted octanol–water partition coefficient (Wildman–Crippen LogP) is 7.92. The fraction of sp³-hybridized carbons (Fsp3) is 0.462. The minimum absolute atomic E-state index is 0.00994. The average Bonchev–Trinajstić information content (AvgIpc) is 2.75. The van der Waals surface area contributed by atoms with Gasteiger partial charge in [0.25, 0.3) is 0 Å². The van der Waals surface area contributed by atoms with E-state index in [0.29, 0.717) is 18.7 Å². The molecular formula is C26H31Cl4N3O2. The Morgan fingerprint density at radius 3 is 2.06 bits per heavy atom. The topological polar surface area (TPSA) is 85.2 Å². The first kappa shape index (κ1) is 29.4. The Balaban J connectivity index is 2.20. The van der Waals surface area contributed by atoms with Crippen molar-refractivity contribution in [3.05, 3.63) is 55.0 Å². The Labute approximate surface area is 227 Å². The number of aromatic hydroxyl groups is 1. The van der Waals surface area contributed by atoms with Crippen LogP contribution in [0.5, 0.6) is 5.75 Å². The molecule has 2 aromatic carbocycles. The second-order valence-corrected chi connectivity index (χ2v) is 12.2. The van der Waals surface area contributed by atoms with Crippen LogP contribution >= 0.6 is 46.4 Å². The SMILES string of the molecule is CC(C)(C)CC(C(=O)NCCNc1c(Cl)c(Cl)c(C#N)c(Cl)c1Cl)c1ccc(O)c(C(C)(C)C)c1. The number of nitrogens with one attached hydrogen (secondary N) is 2. The number of carbonyl (C=O) groups is 1. The lowest BCUT2D eigenvalue weighted by Gasteiger charge is -2.28. The molecule has 190 valence electrons. The molecule has 0 aliphatic heterocycles. The Hall–Kier alpha value is -1.84. The highest BCUT2D eigenvalue weighted by Gasteiger charge is 2.28. The van der Waals surface area contributed by atoms with E-state index in [0.717, 1.165) is 11.1 Å². The zero-order chi connectivity index (χ0) is 26.7. The minimum Gasteiger partial charge on any atom is -0.508 e. The van der Waals surface area contributed by atoms with Gasteiger partial charge in [0.15, 0.2) is 0 Å². The molecule has 3 N–H and O–H groups in total. The first-order valence-corrected chi connectivity index (χ1v) is 12.7. The predicted molar refractivity (Wildman–Crippen MR) is 146 cm³/mol. The second kappa shape index (κ2) is 11.5. The molecule has 2 aromatic rings. The number of hydrogen-bond acceptors (Lipinski definition) is 4. The van der Waals surface area contributed by atoms with Crippen LogP contribution in [-0.2, 0) is 10.2 Å². The van der Waals surface area contributed by atoms with Crippen molar-refractivity contribution in [1.29, 1.82) is 5.26 Å². The molecule has 1 unspecified atom stereocenters. The molecule has 1 atom stereocenters. The molecule has 0 aromatic heterocycles. The highest BCUT2D eigenvalue weighted by atomic mass is 35.5. The van der Waals surface area contributed by atoms with Crippen molar-refractivity contribution in [3.8, 4) is 11.8 Å². The lowest BCUT2D eigenvalue weighted by atomic mass is 9.78. The molecule has 0 saturated carbocycles. The summed E-state index contributed by atoms with van der Waals surface area (Å²) < 4.78 is 0. The van der Waals surface area contributed by atoms with E-state index in [4.69, 9.17) is 46.4 Å². The number of carbonyl (C=O) groups excluding carboxylic acids is 1. The normalized spacial score (nSPS) is 12.7. The number of nitriles is 1. The van der Waals surface area contributed by atoms with Crippen molar-refractivity contribution in [1.82, 2.24) is 5.32 Å². The maximum Gasteiger partial charge on any atom is 0.227 e. The number of nitrogens with zero attached hydrogens (tertiary/aromatic N) is 1. The molecule has 0 radical (unpaired) electrons. The highest BCUT2D eigenvalue weighted by Crippen LogP contribution is 2.44. The monoisotopic (exact) mass is 557 g/mol. The van der Waals surface area contributed by atoms with Gasteiger partial charge in [0, 0.05) is 13.1 Å². The fourth-order valence-corrected chi connectivity index (χ4v) is 4.80. The summed E-state index contributed by atoms with van der Waals surface area (Å²) in [5.41, 5.74) is 1.59. The third-order valence-corrected chi connectivity index (χ3v) is 7.17. The van der Waals surface area contributed by atoms with Gasteiger partial charge >= 0.3 is 0 Å². The summed E-state index contributed by atoms with van der Waals surface area (Å²) in [6.45, 7) is 12.9. The van der Waals surface area contributed by atoms with Gasteiger partial charge in [-0.15, -0.1) is 0 Å². The molecule has 5 nitrogen and oxygen atoms in total. The van der Waals surface area contributed by atoms with Gasteiger partial charge in [0.2, 0.25) is 5.91 Å². The van der Waals surface area contributed by atoms with E-state index < -0.39 is 5.92 Å². The number of anilines is 1. The van der Waals surface area contributed by atoms with E-state index in [1.165, 1.54) is 0 Å². The molecule has 0 saturated heterocycles. The van der Waals surface area contributed by atoms with Gasteiger partial charge in [0.1, 0.15) is 11.8 Å². The summed E-state index contributed by atoms with van der Waals surface area (Å²) in [6.07, 6.45) is 0.624. The summed E-state index contributed by atoms with van der Waals surface area (Å²) >= 11 is 24.8. The quantitative estimate of drug-likeness (QED) is 0.238. The molecule has 0 aliphatic carbocycles. The van der Waals surface area contributed by atoms with Crippen LogP contribution in [0, 0.1) is 16.7 Å². The van der Waals surface area contributed by atoms with Crippen LogP contribution in [0.2, 0.25) is 20.1 Å². The van der Waals surface area contributed by atoms with Gasteiger partial charge < -0.3 is 15.7 Å². The van der Waals surface area contributed by atoms with Crippen molar-refractivity contribution in [2.45, 2.75) is 59.3 Å². The van der Waals surface area contributed by atoms with Crippen LogP contribution in [0.1, 0.15) is 70.6 Å². The van der Waals surface area contributed by atoms with Crippen molar-refractivity contribution in [3.63, 3.8) is 0 Å². The molecule has 9 heteroatoms. The van der Waals surface area contributed by atoms with Gasteiger partial charge in [-0.3, -0.25) is 4.79 Å². The first-order valence-electron chi connectivity index (χ1n) is 11.2. The lowest BCUT2D eigenvalue weighted by Crippen LogP contribution is -2.34.